The Bertz CT molecular complexity index is 795. The van der Waals surface area contributed by atoms with E-state index in [0.717, 1.165) is 0 Å². The molecule has 8 heteroatoms. The predicted molar refractivity (Wildman–Crippen MR) is 162 cm³/mol. The van der Waals surface area contributed by atoms with Gasteiger partial charge in [-0.25, -0.2) is 0 Å². The van der Waals surface area contributed by atoms with Crippen molar-refractivity contribution >= 4 is 48.2 Å². The first-order chi connectivity index (χ1) is 13.6. The first-order valence-electron chi connectivity index (χ1n) is 12.3. The normalized spacial score (nSPS) is 26.3. The van der Waals surface area contributed by atoms with Gasteiger partial charge in [0.2, 0.25) is 0 Å². The lowest BCUT2D eigenvalue weighted by molar-refractivity contribution is 0.0597. The highest BCUT2D eigenvalue weighted by molar-refractivity contribution is 7.43. The minimum Gasteiger partial charge on any atom is -0.436 e. The van der Waals surface area contributed by atoms with Crippen LogP contribution in [0.1, 0.15) is 20.8 Å². The topological polar surface area (TPSA) is 18.5 Å². The van der Waals surface area contributed by atoms with Gasteiger partial charge in [-0.3, -0.25) is 0 Å². The van der Waals surface area contributed by atoms with Crippen molar-refractivity contribution in [2.45, 2.75) is 124 Å². The van der Waals surface area contributed by atoms with Crippen LogP contribution < -0.4 is 0 Å². The van der Waals surface area contributed by atoms with Crippen LogP contribution in [0.4, 0.5) is 0 Å². The highest BCUT2D eigenvalue weighted by Crippen LogP contribution is 2.58. The SMILES string of the molecule is CC(C)(C)[C@]1([Si](C)(C)C)O[Si@@](O[Si](C)(C)C)([Si](C)(C)C)C([Si](C)(C)C)=C1C#C[Si](C)(C)C. The minimum absolute atomic E-state index is 0.0387. The molecule has 0 saturated carbocycles. The molecule has 0 saturated heterocycles. The molecule has 0 radical (unpaired) electrons. The maximum absolute atomic E-state index is 7.87. The largest absolute Gasteiger partial charge is 0.436 e. The Morgan fingerprint density at radius 3 is 1.47 bits per heavy atom. The summed E-state index contributed by atoms with van der Waals surface area (Å²) in [6.45, 7) is 43.9. The zero-order chi connectivity index (χ0) is 26.0. The zero-order valence-corrected chi connectivity index (χ0v) is 30.8. The third-order valence-electron chi connectivity index (χ3n) is 6.09. The van der Waals surface area contributed by atoms with Gasteiger partial charge in [-0.1, -0.05) is 105 Å². The van der Waals surface area contributed by atoms with Gasteiger partial charge < -0.3 is 8.54 Å². The fourth-order valence-corrected chi connectivity index (χ4v) is 40.8. The van der Waals surface area contributed by atoms with Gasteiger partial charge >= 0.3 is 8.08 Å². The lowest BCUT2D eigenvalue weighted by Gasteiger charge is -2.54. The summed E-state index contributed by atoms with van der Waals surface area (Å²) >= 11 is 0. The smallest absolute Gasteiger partial charge is 0.332 e. The van der Waals surface area contributed by atoms with Gasteiger partial charge in [-0.15, -0.1) is 5.54 Å². The van der Waals surface area contributed by atoms with Crippen molar-refractivity contribution in [2.75, 3.05) is 0 Å². The molecule has 0 aromatic carbocycles. The van der Waals surface area contributed by atoms with Gasteiger partial charge in [0.05, 0.1) is 21.4 Å². The van der Waals surface area contributed by atoms with Crippen molar-refractivity contribution in [3.8, 4) is 11.5 Å². The predicted octanol–water partition coefficient (Wildman–Crippen LogP) is 7.98. The van der Waals surface area contributed by atoms with Crippen molar-refractivity contribution in [3.05, 3.63) is 10.4 Å². The summed E-state index contributed by atoms with van der Waals surface area (Å²) in [5, 5.41) is -0.311. The quantitative estimate of drug-likeness (QED) is 0.259. The molecule has 32 heavy (non-hydrogen) atoms. The molecule has 0 bridgehead atoms. The molecule has 2 atom stereocenters. The fraction of sp³-hybridized carbons (Fsp3) is 0.833. The number of hydrogen-bond donors (Lipinski definition) is 0. The van der Waals surface area contributed by atoms with Crippen LogP contribution in [0.15, 0.2) is 10.4 Å². The van der Waals surface area contributed by atoms with Gasteiger partial charge in [0, 0.05) is 5.57 Å². The van der Waals surface area contributed by atoms with Crippen LogP contribution in [0, 0.1) is 16.9 Å². The number of rotatable bonds is 5. The van der Waals surface area contributed by atoms with Gasteiger partial charge in [0.1, 0.15) is 15.7 Å². The highest BCUT2D eigenvalue weighted by atomic mass is 29.3. The van der Waals surface area contributed by atoms with Gasteiger partial charge in [0.25, 0.3) is 0 Å². The molecule has 1 heterocycles. The molecule has 0 fully saturated rings. The van der Waals surface area contributed by atoms with E-state index in [0.29, 0.717) is 0 Å². The molecule has 0 aromatic rings. The molecule has 1 aliphatic heterocycles. The molecule has 1 rings (SSSR count). The van der Waals surface area contributed by atoms with Crippen molar-refractivity contribution < 1.29 is 8.54 Å². The van der Waals surface area contributed by atoms with E-state index in [1.807, 2.05) is 0 Å². The van der Waals surface area contributed by atoms with Gasteiger partial charge in [0.15, 0.2) is 8.32 Å². The Morgan fingerprint density at radius 2 is 1.22 bits per heavy atom. The average molecular weight is 543 g/mol. The van der Waals surface area contributed by atoms with Crippen molar-refractivity contribution in [1.82, 2.24) is 0 Å². The third-order valence-corrected chi connectivity index (χ3v) is 31.1. The molecule has 0 unspecified atom stereocenters. The van der Waals surface area contributed by atoms with Crippen LogP contribution in [0.2, 0.25) is 98.2 Å². The van der Waals surface area contributed by atoms with Crippen LogP contribution in [-0.4, -0.2) is 53.4 Å². The van der Waals surface area contributed by atoms with E-state index < -0.39 is 48.2 Å². The summed E-state index contributed by atoms with van der Waals surface area (Å²) in [5.74, 6) is 3.92. The maximum Gasteiger partial charge on any atom is 0.332 e. The monoisotopic (exact) mass is 542 g/mol. The molecule has 186 valence electrons. The molecule has 0 aromatic heterocycles. The van der Waals surface area contributed by atoms with Gasteiger partial charge in [-0.05, 0) is 29.9 Å². The molecule has 0 aliphatic carbocycles. The molecule has 1 aliphatic rings. The van der Waals surface area contributed by atoms with Gasteiger partial charge in [-0.2, -0.15) is 0 Å². The van der Waals surface area contributed by atoms with E-state index in [2.05, 4.69) is 130 Å². The zero-order valence-electron chi connectivity index (χ0n) is 24.8. The second-order valence-corrected chi connectivity index (χ2v) is 49.3. The molecular formula is C24H54O2Si6. The van der Waals surface area contributed by atoms with Crippen LogP contribution in [0.3, 0.4) is 0 Å². The Morgan fingerprint density at radius 1 is 0.781 bits per heavy atom. The summed E-state index contributed by atoms with van der Waals surface area (Å²) in [6, 6.07) is 0. The van der Waals surface area contributed by atoms with Crippen molar-refractivity contribution in [3.63, 3.8) is 0 Å². The van der Waals surface area contributed by atoms with Crippen LogP contribution in [0.5, 0.6) is 0 Å². The Labute approximate surface area is 207 Å². The van der Waals surface area contributed by atoms with E-state index in [1.165, 1.54) is 5.57 Å². The minimum atomic E-state index is -2.66. The lowest BCUT2D eigenvalue weighted by atomic mass is 9.84. The Balaban J connectivity index is 4.46. The molecule has 0 spiro atoms. The molecule has 0 N–H and O–H groups in total. The molecule has 2 nitrogen and oxygen atoms in total. The van der Waals surface area contributed by atoms with Crippen LogP contribution in [-0.2, 0) is 8.54 Å². The first-order valence-corrected chi connectivity index (χ1v) is 32.5. The Kier molecular flexibility index (Phi) is 8.19. The van der Waals surface area contributed by atoms with Crippen molar-refractivity contribution in [2.24, 2.45) is 5.41 Å². The standard InChI is InChI=1S/C24H54O2Si6/c1-23(2,3)24(29(10,11)12)21(19-20-27(4,5)6)22(28(7,8)9)32(25-24,31(16,17)18)26-30(13,14)15/h1-18H3/t24-,32-/m0/s1. The second-order valence-electron chi connectivity index (χ2n) is 15.9. The van der Waals surface area contributed by atoms with Crippen LogP contribution >= 0.6 is 0 Å². The van der Waals surface area contributed by atoms with Crippen LogP contribution in [0.25, 0.3) is 0 Å². The second kappa shape index (κ2) is 8.57. The summed E-state index contributed by atoms with van der Waals surface area (Å²) in [7, 11) is -11.6. The first kappa shape index (κ1) is 30.6. The molecule has 0 amide bonds. The van der Waals surface area contributed by atoms with E-state index >= 15 is 0 Å². The Hall–Kier alpha value is 0.521. The van der Waals surface area contributed by atoms with E-state index in [-0.39, 0.29) is 10.6 Å². The summed E-state index contributed by atoms with van der Waals surface area (Å²) in [4.78, 5) is 1.62. The van der Waals surface area contributed by atoms with Crippen molar-refractivity contribution in [1.29, 1.82) is 0 Å². The lowest BCUT2D eigenvalue weighted by Crippen LogP contribution is -2.72. The number of hydrogen-bond acceptors (Lipinski definition) is 2. The summed E-state index contributed by atoms with van der Waals surface area (Å²) in [6.07, 6.45) is 0. The van der Waals surface area contributed by atoms with E-state index in [4.69, 9.17) is 8.54 Å². The van der Waals surface area contributed by atoms with E-state index in [9.17, 15) is 0 Å². The fourth-order valence-electron chi connectivity index (χ4n) is 5.29. The van der Waals surface area contributed by atoms with E-state index in [1.54, 1.807) is 4.82 Å². The maximum atomic E-state index is 7.87. The third kappa shape index (κ3) is 5.83. The highest BCUT2D eigenvalue weighted by Gasteiger charge is 2.72. The summed E-state index contributed by atoms with van der Waals surface area (Å²) in [5.41, 5.74) is 5.15. The average Bonchev–Trinajstić information content (AvgIpc) is 2.73. The molecular weight excluding hydrogens is 489 g/mol. The summed E-state index contributed by atoms with van der Waals surface area (Å²) < 4.78 is 15.3.